The molecule has 4 heteroatoms. The minimum absolute atomic E-state index is 0.380. The summed E-state index contributed by atoms with van der Waals surface area (Å²) in [5.74, 6) is 0.874. The van der Waals surface area contributed by atoms with E-state index in [1.165, 1.54) is 19.3 Å². The molecule has 0 spiro atoms. The minimum atomic E-state index is 0.380. The van der Waals surface area contributed by atoms with Gasteiger partial charge in [-0.15, -0.1) is 10.2 Å². The normalized spacial score (nSPS) is 37.1. The molecular weight excluding hydrogens is 242 g/mol. The Bertz CT molecular complexity index is 449. The van der Waals surface area contributed by atoms with Crippen LogP contribution in [0.25, 0.3) is 0 Å². The number of nitrogens with one attached hydrogen (secondary N) is 1. The molecule has 1 N–H and O–H groups in total. The first kappa shape index (κ1) is 12.4. The molecule has 3 atom stereocenters. The van der Waals surface area contributed by atoms with E-state index in [0.717, 1.165) is 22.5 Å². The Morgan fingerprint density at radius 1 is 1.33 bits per heavy atom. The Balaban J connectivity index is 1.83. The lowest BCUT2D eigenvalue weighted by molar-refractivity contribution is 0.155. The molecule has 2 bridgehead atoms. The molecule has 2 aliphatic rings. The smallest absolute Gasteiger partial charge is 0.205 e. The molecule has 2 saturated carbocycles. The summed E-state index contributed by atoms with van der Waals surface area (Å²) in [6, 6.07) is 0.543. The first-order valence-electron chi connectivity index (χ1n) is 7.04. The van der Waals surface area contributed by atoms with Crippen LogP contribution >= 0.6 is 11.3 Å². The summed E-state index contributed by atoms with van der Waals surface area (Å²) in [7, 11) is 0. The lowest BCUT2D eigenvalue weighted by Gasteiger charge is -2.42. The number of aryl methyl sites for hydroxylation is 1. The summed E-state index contributed by atoms with van der Waals surface area (Å²) in [5.41, 5.74) is 0.831. The van der Waals surface area contributed by atoms with Crippen molar-refractivity contribution in [2.24, 2.45) is 16.7 Å². The van der Waals surface area contributed by atoms with Crippen LogP contribution < -0.4 is 5.32 Å². The number of aromatic nitrogens is 2. The summed E-state index contributed by atoms with van der Waals surface area (Å²) in [5, 5.41) is 14.3. The minimum Gasteiger partial charge on any atom is -0.356 e. The summed E-state index contributed by atoms with van der Waals surface area (Å²) in [4.78, 5) is 0. The van der Waals surface area contributed by atoms with Crippen molar-refractivity contribution < 1.29 is 0 Å². The monoisotopic (exact) mass is 265 g/mol. The fraction of sp³-hybridized carbons (Fsp3) is 0.857. The molecule has 3 nitrogen and oxygen atoms in total. The Morgan fingerprint density at radius 2 is 2.11 bits per heavy atom. The van der Waals surface area contributed by atoms with Gasteiger partial charge in [0, 0.05) is 6.04 Å². The van der Waals surface area contributed by atoms with Crippen molar-refractivity contribution in [1.82, 2.24) is 10.2 Å². The average molecular weight is 265 g/mol. The highest BCUT2D eigenvalue weighted by Gasteiger charge is 2.59. The zero-order valence-corrected chi connectivity index (χ0v) is 12.6. The van der Waals surface area contributed by atoms with Crippen molar-refractivity contribution in [3.63, 3.8) is 0 Å². The molecule has 0 aliphatic heterocycles. The maximum absolute atomic E-state index is 4.29. The third kappa shape index (κ3) is 1.68. The van der Waals surface area contributed by atoms with Crippen LogP contribution in [-0.4, -0.2) is 16.2 Å². The molecule has 1 aromatic rings. The molecule has 2 fully saturated rings. The van der Waals surface area contributed by atoms with E-state index in [1.807, 2.05) is 0 Å². The predicted molar refractivity (Wildman–Crippen MR) is 75.9 cm³/mol. The van der Waals surface area contributed by atoms with Crippen LogP contribution in [0.5, 0.6) is 0 Å². The maximum atomic E-state index is 4.29. The molecule has 1 unspecified atom stereocenters. The van der Waals surface area contributed by atoms with Crippen molar-refractivity contribution in [2.75, 3.05) is 5.32 Å². The molecule has 0 aromatic carbocycles. The summed E-state index contributed by atoms with van der Waals surface area (Å²) >= 11 is 1.71. The van der Waals surface area contributed by atoms with E-state index in [9.17, 15) is 0 Å². The second-order valence-electron chi connectivity index (χ2n) is 6.85. The van der Waals surface area contributed by atoms with Gasteiger partial charge in [0.2, 0.25) is 5.13 Å². The van der Waals surface area contributed by atoms with Gasteiger partial charge in [0.15, 0.2) is 0 Å². The zero-order valence-electron chi connectivity index (χ0n) is 11.8. The summed E-state index contributed by atoms with van der Waals surface area (Å²) in [6.45, 7) is 9.41. The van der Waals surface area contributed by atoms with E-state index in [0.29, 0.717) is 16.9 Å². The number of hydrogen-bond acceptors (Lipinski definition) is 4. The third-order valence-corrected chi connectivity index (χ3v) is 6.31. The number of anilines is 1. The van der Waals surface area contributed by atoms with E-state index in [1.54, 1.807) is 11.3 Å². The molecule has 1 aromatic heterocycles. The number of hydrogen-bond donors (Lipinski definition) is 1. The van der Waals surface area contributed by atoms with Crippen molar-refractivity contribution in [2.45, 2.75) is 59.4 Å². The maximum Gasteiger partial charge on any atom is 0.205 e. The van der Waals surface area contributed by atoms with E-state index in [-0.39, 0.29) is 0 Å². The van der Waals surface area contributed by atoms with E-state index in [4.69, 9.17) is 0 Å². The predicted octanol–water partition coefficient (Wildman–Crippen LogP) is 3.73. The van der Waals surface area contributed by atoms with Gasteiger partial charge >= 0.3 is 0 Å². The van der Waals surface area contributed by atoms with Crippen LogP contribution in [0.4, 0.5) is 5.13 Å². The number of fused-ring (bicyclic) bond motifs is 2. The van der Waals surface area contributed by atoms with Gasteiger partial charge in [-0.2, -0.15) is 0 Å². The van der Waals surface area contributed by atoms with Crippen LogP contribution in [0.1, 0.15) is 52.0 Å². The van der Waals surface area contributed by atoms with E-state index >= 15 is 0 Å². The van der Waals surface area contributed by atoms with Crippen LogP contribution in [0.15, 0.2) is 0 Å². The van der Waals surface area contributed by atoms with Gasteiger partial charge < -0.3 is 5.32 Å². The Labute approximate surface area is 113 Å². The van der Waals surface area contributed by atoms with Gasteiger partial charge in [0.1, 0.15) is 5.01 Å². The molecule has 2 aliphatic carbocycles. The molecule has 18 heavy (non-hydrogen) atoms. The molecule has 0 radical (unpaired) electrons. The lowest BCUT2D eigenvalue weighted by atomic mass is 9.68. The fourth-order valence-corrected chi connectivity index (χ4v) is 4.95. The number of nitrogens with zero attached hydrogens (tertiary/aromatic N) is 2. The molecule has 100 valence electrons. The lowest BCUT2D eigenvalue weighted by Crippen LogP contribution is -2.45. The molecule has 0 amide bonds. The number of rotatable bonds is 3. The van der Waals surface area contributed by atoms with Gasteiger partial charge in [0.25, 0.3) is 0 Å². The summed E-state index contributed by atoms with van der Waals surface area (Å²) < 4.78 is 0. The van der Waals surface area contributed by atoms with Crippen molar-refractivity contribution in [3.8, 4) is 0 Å². The highest BCUT2D eigenvalue weighted by atomic mass is 32.1. The molecule has 3 rings (SSSR count). The standard InChI is InChI=1S/C14H23N3S/c1-5-10-16-17-12(18-10)15-11-13(2,3)9-6-7-14(11,4)8-9/h9,11H,5-8H2,1-4H3,(H,15,17)/t9-,11?,14+/m0/s1. The highest BCUT2D eigenvalue weighted by Crippen LogP contribution is 2.63. The fourth-order valence-electron chi connectivity index (χ4n) is 4.24. The van der Waals surface area contributed by atoms with Crippen molar-refractivity contribution in [1.29, 1.82) is 0 Å². The van der Waals surface area contributed by atoms with Gasteiger partial charge in [-0.3, -0.25) is 0 Å². The SMILES string of the molecule is CCc1nnc(NC2C(C)(C)[C@H]3CC[C@]2(C)C3)s1. The van der Waals surface area contributed by atoms with Gasteiger partial charge in [0.05, 0.1) is 0 Å². The topological polar surface area (TPSA) is 37.8 Å². The quantitative estimate of drug-likeness (QED) is 0.905. The molecule has 1 heterocycles. The Morgan fingerprint density at radius 3 is 2.67 bits per heavy atom. The first-order chi connectivity index (χ1) is 8.45. The van der Waals surface area contributed by atoms with Crippen LogP contribution in [0, 0.1) is 16.7 Å². The van der Waals surface area contributed by atoms with E-state index in [2.05, 4.69) is 43.2 Å². The Hall–Kier alpha value is -0.640. The van der Waals surface area contributed by atoms with E-state index < -0.39 is 0 Å². The van der Waals surface area contributed by atoms with Crippen molar-refractivity contribution >= 4 is 16.5 Å². The van der Waals surface area contributed by atoms with Crippen LogP contribution in [0.2, 0.25) is 0 Å². The highest BCUT2D eigenvalue weighted by molar-refractivity contribution is 7.15. The van der Waals surface area contributed by atoms with Gasteiger partial charge in [-0.1, -0.05) is 39.0 Å². The molecule has 0 saturated heterocycles. The van der Waals surface area contributed by atoms with Gasteiger partial charge in [-0.25, -0.2) is 0 Å². The third-order valence-electron chi connectivity index (χ3n) is 5.31. The van der Waals surface area contributed by atoms with Crippen molar-refractivity contribution in [3.05, 3.63) is 5.01 Å². The second-order valence-corrected chi connectivity index (χ2v) is 7.91. The first-order valence-corrected chi connectivity index (χ1v) is 7.86. The largest absolute Gasteiger partial charge is 0.356 e. The van der Waals surface area contributed by atoms with Crippen LogP contribution in [0.3, 0.4) is 0 Å². The zero-order chi connectivity index (χ0) is 13.0. The van der Waals surface area contributed by atoms with Gasteiger partial charge in [-0.05, 0) is 42.4 Å². The average Bonchev–Trinajstić information content (AvgIpc) is 2.95. The summed E-state index contributed by atoms with van der Waals surface area (Å²) in [6.07, 6.45) is 5.11. The molecular formula is C14H23N3S. The Kier molecular flexibility index (Phi) is 2.70. The van der Waals surface area contributed by atoms with Crippen LogP contribution in [-0.2, 0) is 6.42 Å². The second kappa shape index (κ2) is 3.92.